The highest BCUT2D eigenvalue weighted by Gasteiger charge is 2.51. The number of Topliss-reactive ketones (excluding diaryl/α,β-unsaturated/α-hetero) is 1. The van der Waals surface area contributed by atoms with Crippen LogP contribution in [-0.4, -0.2) is 47.0 Å². The molecule has 2 aliphatic rings. The highest BCUT2D eigenvalue weighted by atomic mass is 16.5. The van der Waals surface area contributed by atoms with Gasteiger partial charge in [-0.25, -0.2) is 4.79 Å². The summed E-state index contributed by atoms with van der Waals surface area (Å²) < 4.78 is 5.01. The van der Waals surface area contributed by atoms with Crippen molar-refractivity contribution in [2.45, 2.75) is 45.6 Å². The molecular formula is C21H24N2O6. The molecule has 1 aromatic rings. The van der Waals surface area contributed by atoms with Gasteiger partial charge < -0.3 is 10.1 Å². The molecule has 1 N–H and O–H groups in total. The molecule has 154 valence electrons. The van der Waals surface area contributed by atoms with E-state index in [1.54, 1.807) is 18.2 Å². The SMILES string of the molecule is CC(=O)c1cccc(NC(=O)COC(=O)[C@H](C)N2C(=O)[C@H]3CCCC[C@H]3C2=O)c1. The molecule has 1 aromatic carbocycles. The third-order valence-corrected chi connectivity index (χ3v) is 5.50. The van der Waals surface area contributed by atoms with Gasteiger partial charge in [0, 0.05) is 11.3 Å². The first-order valence-corrected chi connectivity index (χ1v) is 9.74. The van der Waals surface area contributed by atoms with Crippen LogP contribution in [0.1, 0.15) is 49.9 Å². The van der Waals surface area contributed by atoms with Gasteiger partial charge in [-0.15, -0.1) is 0 Å². The van der Waals surface area contributed by atoms with Crippen molar-refractivity contribution in [3.8, 4) is 0 Å². The van der Waals surface area contributed by atoms with Crippen molar-refractivity contribution in [2.75, 3.05) is 11.9 Å². The fourth-order valence-corrected chi connectivity index (χ4v) is 3.95. The number of amides is 3. The third-order valence-electron chi connectivity index (χ3n) is 5.50. The van der Waals surface area contributed by atoms with Crippen LogP contribution in [0.25, 0.3) is 0 Å². The number of fused-ring (bicyclic) bond motifs is 1. The van der Waals surface area contributed by atoms with E-state index in [-0.39, 0.29) is 29.4 Å². The average molecular weight is 400 g/mol. The minimum absolute atomic E-state index is 0.137. The summed E-state index contributed by atoms with van der Waals surface area (Å²) in [5.41, 5.74) is 0.849. The lowest BCUT2D eigenvalue weighted by Crippen LogP contribution is -2.45. The van der Waals surface area contributed by atoms with Gasteiger partial charge in [-0.05, 0) is 38.8 Å². The fourth-order valence-electron chi connectivity index (χ4n) is 3.95. The first-order valence-electron chi connectivity index (χ1n) is 9.74. The van der Waals surface area contributed by atoms with Gasteiger partial charge in [0.15, 0.2) is 12.4 Å². The van der Waals surface area contributed by atoms with Gasteiger partial charge in [-0.1, -0.05) is 25.0 Å². The highest BCUT2D eigenvalue weighted by molar-refractivity contribution is 6.08. The Morgan fingerprint density at radius 3 is 2.34 bits per heavy atom. The molecule has 0 unspecified atom stereocenters. The Kier molecular flexibility index (Phi) is 6.10. The van der Waals surface area contributed by atoms with Crippen molar-refractivity contribution in [3.63, 3.8) is 0 Å². The van der Waals surface area contributed by atoms with E-state index in [4.69, 9.17) is 4.74 Å². The minimum atomic E-state index is -1.07. The molecule has 29 heavy (non-hydrogen) atoms. The Bertz CT molecular complexity index is 840. The van der Waals surface area contributed by atoms with Crippen molar-refractivity contribution >= 4 is 35.2 Å². The van der Waals surface area contributed by atoms with Gasteiger partial charge in [0.05, 0.1) is 11.8 Å². The van der Waals surface area contributed by atoms with E-state index >= 15 is 0 Å². The Morgan fingerprint density at radius 2 is 1.76 bits per heavy atom. The maximum absolute atomic E-state index is 12.6. The largest absolute Gasteiger partial charge is 0.454 e. The van der Waals surface area contributed by atoms with Gasteiger partial charge in [0.1, 0.15) is 6.04 Å². The van der Waals surface area contributed by atoms with Crippen molar-refractivity contribution in [1.82, 2.24) is 4.90 Å². The molecule has 3 atom stereocenters. The predicted octanol–water partition coefficient (Wildman–Crippen LogP) is 1.93. The number of benzene rings is 1. The monoisotopic (exact) mass is 400 g/mol. The summed E-state index contributed by atoms with van der Waals surface area (Å²) in [4.78, 5) is 61.9. The zero-order chi connectivity index (χ0) is 21.1. The first-order chi connectivity index (χ1) is 13.8. The van der Waals surface area contributed by atoms with Crippen LogP contribution < -0.4 is 5.32 Å². The molecule has 1 aliphatic carbocycles. The molecule has 0 bridgehead atoms. The van der Waals surface area contributed by atoms with Crippen LogP contribution in [-0.2, 0) is 23.9 Å². The second-order valence-corrected chi connectivity index (χ2v) is 7.51. The van der Waals surface area contributed by atoms with Crippen LogP contribution in [0.2, 0.25) is 0 Å². The van der Waals surface area contributed by atoms with Crippen LogP contribution in [0, 0.1) is 11.8 Å². The Labute approximate surface area is 168 Å². The summed E-state index contributed by atoms with van der Waals surface area (Å²) in [6, 6.07) is 5.31. The van der Waals surface area contributed by atoms with Gasteiger partial charge in [0.25, 0.3) is 5.91 Å². The fraction of sp³-hybridized carbons (Fsp3) is 0.476. The number of anilines is 1. The molecule has 2 fully saturated rings. The summed E-state index contributed by atoms with van der Waals surface area (Å²) in [7, 11) is 0. The van der Waals surface area contributed by atoms with Gasteiger partial charge in [0.2, 0.25) is 11.8 Å². The lowest BCUT2D eigenvalue weighted by Gasteiger charge is -2.21. The number of hydrogen-bond donors (Lipinski definition) is 1. The van der Waals surface area contributed by atoms with Crippen LogP contribution in [0.15, 0.2) is 24.3 Å². The molecule has 0 spiro atoms. The second kappa shape index (κ2) is 8.55. The van der Waals surface area contributed by atoms with Crippen LogP contribution in [0.4, 0.5) is 5.69 Å². The molecule has 1 heterocycles. The van der Waals surface area contributed by atoms with Crippen LogP contribution >= 0.6 is 0 Å². The molecule has 1 saturated carbocycles. The molecular weight excluding hydrogens is 376 g/mol. The Morgan fingerprint density at radius 1 is 1.14 bits per heavy atom. The van der Waals surface area contributed by atoms with Crippen molar-refractivity contribution < 1.29 is 28.7 Å². The van der Waals surface area contributed by atoms with Crippen LogP contribution in [0.3, 0.4) is 0 Å². The second-order valence-electron chi connectivity index (χ2n) is 7.51. The number of esters is 1. The summed E-state index contributed by atoms with van der Waals surface area (Å²) in [6.45, 7) is 2.29. The summed E-state index contributed by atoms with van der Waals surface area (Å²) in [5.74, 6) is -2.87. The zero-order valence-electron chi connectivity index (χ0n) is 16.5. The van der Waals surface area contributed by atoms with Gasteiger partial charge in [-0.2, -0.15) is 0 Å². The van der Waals surface area contributed by atoms with Gasteiger partial charge >= 0.3 is 5.97 Å². The lowest BCUT2D eigenvalue weighted by atomic mass is 9.81. The van der Waals surface area contributed by atoms with Crippen molar-refractivity contribution in [2.24, 2.45) is 11.8 Å². The van der Waals surface area contributed by atoms with E-state index in [1.807, 2.05) is 0 Å². The molecule has 8 nitrogen and oxygen atoms in total. The minimum Gasteiger partial charge on any atom is -0.454 e. The lowest BCUT2D eigenvalue weighted by molar-refractivity contribution is -0.159. The van der Waals surface area contributed by atoms with E-state index in [9.17, 15) is 24.0 Å². The molecule has 1 saturated heterocycles. The predicted molar refractivity (Wildman–Crippen MR) is 103 cm³/mol. The maximum atomic E-state index is 12.6. The molecule has 8 heteroatoms. The number of hydrogen-bond acceptors (Lipinski definition) is 6. The quantitative estimate of drug-likeness (QED) is 0.444. The van der Waals surface area contributed by atoms with Crippen molar-refractivity contribution in [1.29, 1.82) is 0 Å². The van der Waals surface area contributed by atoms with E-state index in [0.29, 0.717) is 24.1 Å². The number of carbonyl (C=O) groups excluding carboxylic acids is 5. The zero-order valence-corrected chi connectivity index (χ0v) is 16.5. The average Bonchev–Trinajstić information content (AvgIpc) is 2.96. The normalized spacial score (nSPS) is 22.1. The highest BCUT2D eigenvalue weighted by Crippen LogP contribution is 2.38. The summed E-state index contributed by atoms with van der Waals surface area (Å²) in [6.07, 6.45) is 3.13. The third kappa shape index (κ3) is 4.36. The van der Waals surface area contributed by atoms with E-state index in [0.717, 1.165) is 17.7 Å². The van der Waals surface area contributed by atoms with E-state index in [1.165, 1.54) is 19.9 Å². The Balaban J connectivity index is 1.55. The molecule has 1 aliphatic heterocycles. The summed E-state index contributed by atoms with van der Waals surface area (Å²) >= 11 is 0. The number of nitrogens with one attached hydrogen (secondary N) is 1. The number of ether oxygens (including phenoxy) is 1. The molecule has 0 radical (unpaired) electrons. The standard InChI is InChI=1S/C21H24N2O6/c1-12(23-19(26)16-8-3-4-9-17(16)20(23)27)21(28)29-11-18(25)22-15-7-5-6-14(10-15)13(2)24/h5-7,10,12,16-17H,3-4,8-9,11H2,1-2H3,(H,22,25)/t12-,16-,17+/m0/s1. The van der Waals surface area contributed by atoms with Crippen LogP contribution in [0.5, 0.6) is 0 Å². The van der Waals surface area contributed by atoms with E-state index < -0.39 is 24.5 Å². The molecule has 0 aromatic heterocycles. The summed E-state index contributed by atoms with van der Waals surface area (Å²) in [5, 5.41) is 2.54. The van der Waals surface area contributed by atoms with Crippen molar-refractivity contribution in [3.05, 3.63) is 29.8 Å². The van der Waals surface area contributed by atoms with Gasteiger partial charge in [-0.3, -0.25) is 24.1 Å². The first kappa shape index (κ1) is 20.7. The van der Waals surface area contributed by atoms with E-state index in [2.05, 4.69) is 5.32 Å². The molecule has 3 rings (SSSR count). The Hall–Kier alpha value is -3.03. The topological polar surface area (TPSA) is 110 Å². The number of likely N-dealkylation sites (tertiary alicyclic amines) is 1. The number of ketones is 1. The number of nitrogens with zero attached hydrogens (tertiary/aromatic N) is 1. The molecule has 3 amide bonds. The number of imide groups is 1. The smallest absolute Gasteiger partial charge is 0.329 e. The number of carbonyl (C=O) groups is 5. The maximum Gasteiger partial charge on any atom is 0.329 e. The number of rotatable bonds is 6.